The van der Waals surface area contributed by atoms with Crippen LogP contribution in [0.2, 0.25) is 0 Å². The third-order valence-electron chi connectivity index (χ3n) is 2.10. The van der Waals surface area contributed by atoms with Gasteiger partial charge in [0.05, 0.1) is 6.54 Å². The molecule has 0 saturated carbocycles. The minimum atomic E-state index is -1.04. The zero-order valence-electron chi connectivity index (χ0n) is 9.78. The average Bonchev–Trinajstić information content (AvgIpc) is 2.65. The Hall–Kier alpha value is -1.82. The summed E-state index contributed by atoms with van der Waals surface area (Å²) in [6.07, 6.45) is 0. The van der Waals surface area contributed by atoms with Crippen molar-refractivity contribution >= 4 is 11.9 Å². The van der Waals surface area contributed by atoms with Gasteiger partial charge in [-0.25, -0.2) is 4.79 Å². The van der Waals surface area contributed by atoms with E-state index in [1.165, 1.54) is 6.07 Å². The second-order valence-electron chi connectivity index (χ2n) is 3.40. The van der Waals surface area contributed by atoms with Crippen molar-refractivity contribution in [3.8, 4) is 0 Å². The summed E-state index contributed by atoms with van der Waals surface area (Å²) >= 11 is 0. The van der Waals surface area contributed by atoms with Crippen LogP contribution in [0.4, 0.5) is 0 Å². The van der Waals surface area contributed by atoms with E-state index in [2.05, 4.69) is 5.32 Å². The fourth-order valence-corrected chi connectivity index (χ4v) is 1.27. The molecule has 94 valence electrons. The number of aryl methyl sites for hydroxylation is 1. The number of carbonyl (C=O) groups is 2. The molecule has 0 aliphatic heterocycles. The van der Waals surface area contributed by atoms with E-state index < -0.39 is 5.97 Å². The Balaban J connectivity index is 2.50. The minimum Gasteiger partial charge on any atom is -0.478 e. The highest BCUT2D eigenvalue weighted by atomic mass is 16.5. The number of furan rings is 1. The number of carbonyl (C=O) groups excluding carboxylic acids is 1. The highest BCUT2D eigenvalue weighted by Crippen LogP contribution is 2.14. The summed E-state index contributed by atoms with van der Waals surface area (Å²) in [7, 11) is 0. The molecule has 0 aliphatic rings. The first-order valence-corrected chi connectivity index (χ1v) is 5.21. The van der Waals surface area contributed by atoms with E-state index in [4.69, 9.17) is 14.3 Å². The second kappa shape index (κ2) is 6.05. The van der Waals surface area contributed by atoms with Gasteiger partial charge in [-0.15, -0.1) is 0 Å². The molecule has 0 aliphatic carbocycles. The number of nitrogens with one attached hydrogen (secondary N) is 1. The number of aromatic carboxylic acids is 1. The largest absolute Gasteiger partial charge is 0.478 e. The Labute approximate surface area is 98.6 Å². The minimum absolute atomic E-state index is 0.0119. The number of rotatable bonds is 6. The van der Waals surface area contributed by atoms with Crippen molar-refractivity contribution in [3.63, 3.8) is 0 Å². The van der Waals surface area contributed by atoms with Crippen LogP contribution in [0.3, 0.4) is 0 Å². The number of carboxylic acids is 1. The molecule has 0 fully saturated rings. The van der Waals surface area contributed by atoms with E-state index in [0.717, 1.165) is 0 Å². The van der Waals surface area contributed by atoms with Gasteiger partial charge < -0.3 is 19.6 Å². The molecule has 0 radical (unpaired) electrons. The molecule has 0 bridgehead atoms. The molecule has 6 heteroatoms. The number of ether oxygens (including phenoxy) is 1. The van der Waals surface area contributed by atoms with Crippen LogP contribution >= 0.6 is 0 Å². The Bertz CT molecular complexity index is 410. The quantitative estimate of drug-likeness (QED) is 0.773. The normalized spacial score (nSPS) is 10.2. The lowest BCUT2D eigenvalue weighted by atomic mass is 10.2. The molecule has 1 aromatic heterocycles. The lowest BCUT2D eigenvalue weighted by molar-refractivity contribution is -0.125. The highest BCUT2D eigenvalue weighted by molar-refractivity contribution is 5.88. The number of hydrogen-bond donors (Lipinski definition) is 2. The van der Waals surface area contributed by atoms with Crippen molar-refractivity contribution in [2.75, 3.05) is 13.2 Å². The van der Waals surface area contributed by atoms with Crippen molar-refractivity contribution in [3.05, 3.63) is 23.2 Å². The van der Waals surface area contributed by atoms with Crippen LogP contribution < -0.4 is 5.32 Å². The van der Waals surface area contributed by atoms with Crippen molar-refractivity contribution in [1.82, 2.24) is 5.32 Å². The van der Waals surface area contributed by atoms with Gasteiger partial charge in [-0.1, -0.05) is 0 Å². The van der Waals surface area contributed by atoms with Gasteiger partial charge in [-0.3, -0.25) is 4.79 Å². The van der Waals surface area contributed by atoms with Crippen molar-refractivity contribution in [1.29, 1.82) is 0 Å². The van der Waals surface area contributed by atoms with E-state index in [0.29, 0.717) is 18.1 Å². The van der Waals surface area contributed by atoms with Gasteiger partial charge in [0.15, 0.2) is 0 Å². The summed E-state index contributed by atoms with van der Waals surface area (Å²) < 4.78 is 10.1. The van der Waals surface area contributed by atoms with Crippen LogP contribution in [0.1, 0.15) is 28.8 Å². The number of hydrogen-bond acceptors (Lipinski definition) is 4. The molecule has 0 aromatic carbocycles. The smallest absolute Gasteiger partial charge is 0.339 e. The van der Waals surface area contributed by atoms with Crippen molar-refractivity contribution in [2.24, 2.45) is 0 Å². The van der Waals surface area contributed by atoms with Crippen LogP contribution in [-0.2, 0) is 16.1 Å². The van der Waals surface area contributed by atoms with Crippen LogP contribution in [0.15, 0.2) is 10.5 Å². The molecule has 0 atom stereocenters. The molecule has 0 saturated heterocycles. The van der Waals surface area contributed by atoms with Gasteiger partial charge in [0.1, 0.15) is 23.7 Å². The fraction of sp³-hybridized carbons (Fsp3) is 0.455. The second-order valence-corrected chi connectivity index (χ2v) is 3.40. The molecule has 6 nitrogen and oxygen atoms in total. The summed E-state index contributed by atoms with van der Waals surface area (Å²) in [5, 5.41) is 11.4. The predicted molar refractivity (Wildman–Crippen MR) is 58.7 cm³/mol. The fourth-order valence-electron chi connectivity index (χ4n) is 1.27. The van der Waals surface area contributed by atoms with E-state index in [1.807, 2.05) is 0 Å². The van der Waals surface area contributed by atoms with Gasteiger partial charge >= 0.3 is 5.97 Å². The number of amides is 1. The van der Waals surface area contributed by atoms with E-state index in [-0.39, 0.29) is 24.6 Å². The maximum Gasteiger partial charge on any atom is 0.339 e. The topological polar surface area (TPSA) is 88.8 Å². The molecular weight excluding hydrogens is 226 g/mol. The van der Waals surface area contributed by atoms with Crippen molar-refractivity contribution < 1.29 is 23.8 Å². The first-order valence-electron chi connectivity index (χ1n) is 5.21. The van der Waals surface area contributed by atoms with E-state index in [9.17, 15) is 9.59 Å². The molecule has 2 N–H and O–H groups in total. The SMILES string of the molecule is CCOCC(=O)NCc1cc(C(=O)O)c(C)o1. The van der Waals surface area contributed by atoms with Gasteiger partial charge in [0.2, 0.25) is 5.91 Å². The average molecular weight is 241 g/mol. The Morgan fingerprint density at radius 2 is 2.24 bits per heavy atom. The molecule has 1 aromatic rings. The van der Waals surface area contributed by atoms with Crippen LogP contribution in [-0.4, -0.2) is 30.2 Å². The maximum absolute atomic E-state index is 11.2. The summed E-state index contributed by atoms with van der Waals surface area (Å²) in [6, 6.07) is 1.40. The first-order chi connectivity index (χ1) is 8.04. The zero-order chi connectivity index (χ0) is 12.8. The van der Waals surface area contributed by atoms with Crippen LogP contribution in [0, 0.1) is 6.92 Å². The summed E-state index contributed by atoms with van der Waals surface area (Å²) in [5.41, 5.74) is 0.110. The van der Waals surface area contributed by atoms with Gasteiger partial charge in [-0.05, 0) is 19.9 Å². The number of carboxylic acid groups (broad SMARTS) is 1. The molecule has 0 spiro atoms. The monoisotopic (exact) mass is 241 g/mol. The third-order valence-corrected chi connectivity index (χ3v) is 2.10. The molecule has 0 unspecified atom stereocenters. The van der Waals surface area contributed by atoms with Crippen molar-refractivity contribution in [2.45, 2.75) is 20.4 Å². The Kier molecular flexibility index (Phi) is 4.71. The standard InChI is InChI=1S/C11H15NO5/c1-3-16-6-10(13)12-5-8-4-9(11(14)15)7(2)17-8/h4H,3,5-6H2,1-2H3,(H,12,13)(H,14,15). The lowest BCUT2D eigenvalue weighted by Gasteiger charge is -2.02. The Morgan fingerprint density at radius 1 is 1.53 bits per heavy atom. The maximum atomic E-state index is 11.2. The molecular formula is C11H15NO5. The van der Waals surface area contributed by atoms with Crippen LogP contribution in [0.5, 0.6) is 0 Å². The van der Waals surface area contributed by atoms with Gasteiger partial charge in [0, 0.05) is 6.61 Å². The summed E-state index contributed by atoms with van der Waals surface area (Å²) in [5.74, 6) is -0.577. The van der Waals surface area contributed by atoms with Gasteiger partial charge in [0.25, 0.3) is 0 Å². The van der Waals surface area contributed by atoms with E-state index >= 15 is 0 Å². The summed E-state index contributed by atoms with van der Waals surface area (Å²) in [4.78, 5) is 22.0. The lowest BCUT2D eigenvalue weighted by Crippen LogP contribution is -2.26. The van der Waals surface area contributed by atoms with E-state index in [1.54, 1.807) is 13.8 Å². The predicted octanol–water partition coefficient (Wildman–Crippen LogP) is 0.939. The van der Waals surface area contributed by atoms with Gasteiger partial charge in [-0.2, -0.15) is 0 Å². The molecule has 17 heavy (non-hydrogen) atoms. The first kappa shape index (κ1) is 13.2. The highest BCUT2D eigenvalue weighted by Gasteiger charge is 2.13. The Morgan fingerprint density at radius 3 is 2.76 bits per heavy atom. The summed E-state index contributed by atoms with van der Waals surface area (Å²) in [6.45, 7) is 3.97. The molecule has 1 rings (SSSR count). The molecule has 1 heterocycles. The third kappa shape index (κ3) is 3.92. The molecule has 1 amide bonds. The zero-order valence-corrected chi connectivity index (χ0v) is 9.78. The van der Waals surface area contributed by atoms with Crippen LogP contribution in [0.25, 0.3) is 0 Å².